The monoisotopic (exact) mass is 487 g/mol. The van der Waals surface area contributed by atoms with Gasteiger partial charge in [0.2, 0.25) is 0 Å². The van der Waals surface area contributed by atoms with Crippen molar-refractivity contribution in [3.8, 4) is 0 Å². The minimum Gasteiger partial charge on any atom is -0.410 e. The normalized spacial score (nSPS) is 25.4. The molecule has 2 aliphatic heterocycles. The summed E-state index contributed by atoms with van der Waals surface area (Å²) in [5.74, 6) is 0.331. The van der Waals surface area contributed by atoms with E-state index in [4.69, 9.17) is 27.6 Å². The van der Waals surface area contributed by atoms with Crippen LogP contribution >= 0.6 is 23.2 Å². The van der Waals surface area contributed by atoms with Crippen molar-refractivity contribution in [2.45, 2.75) is 116 Å². The van der Waals surface area contributed by atoms with E-state index in [0.29, 0.717) is 16.1 Å². The molecule has 2 aliphatic rings. The number of halogens is 3. The molecule has 0 N–H and O–H groups in total. The molecule has 3 unspecified atom stereocenters. The third-order valence-corrected chi connectivity index (χ3v) is 13.3. The second-order valence-electron chi connectivity index (χ2n) is 9.97. The van der Waals surface area contributed by atoms with E-state index in [1.54, 1.807) is 0 Å². The quantitative estimate of drug-likeness (QED) is 0.306. The second kappa shape index (κ2) is 10.9. The molecule has 2 fully saturated rings. The van der Waals surface area contributed by atoms with Gasteiger partial charge in [-0.25, -0.2) is 4.39 Å². The first kappa shape index (κ1) is 25.5. The molecule has 2 heterocycles. The Morgan fingerprint density at radius 2 is 1.55 bits per heavy atom. The molecule has 31 heavy (non-hydrogen) atoms. The predicted molar refractivity (Wildman–Crippen MR) is 133 cm³/mol. The van der Waals surface area contributed by atoms with E-state index in [9.17, 15) is 4.39 Å². The van der Waals surface area contributed by atoms with Crippen LogP contribution in [-0.2, 0) is 4.43 Å². The maximum Gasteiger partial charge on any atom is 0.192 e. The molecule has 2 nitrogen and oxygen atoms in total. The van der Waals surface area contributed by atoms with Gasteiger partial charge in [0.05, 0.1) is 16.1 Å². The summed E-state index contributed by atoms with van der Waals surface area (Å²) in [6.45, 7) is 11.4. The topological polar surface area (TPSA) is 12.5 Å². The van der Waals surface area contributed by atoms with Crippen LogP contribution in [0.5, 0.6) is 0 Å². The van der Waals surface area contributed by atoms with E-state index in [1.807, 2.05) is 0 Å². The molecule has 0 saturated carbocycles. The number of benzene rings is 1. The third kappa shape index (κ3) is 5.69. The van der Waals surface area contributed by atoms with Crippen molar-refractivity contribution in [3.05, 3.63) is 33.6 Å². The molecular formula is C25H40Cl2FNOSi. The van der Waals surface area contributed by atoms with E-state index in [1.165, 1.54) is 37.8 Å². The molecule has 0 spiro atoms. The van der Waals surface area contributed by atoms with Crippen LogP contribution in [0, 0.1) is 11.7 Å². The highest BCUT2D eigenvalue weighted by Crippen LogP contribution is 2.44. The number of rotatable bonds is 10. The van der Waals surface area contributed by atoms with Crippen LogP contribution < -0.4 is 0 Å². The maximum absolute atomic E-state index is 13.9. The van der Waals surface area contributed by atoms with Gasteiger partial charge in [0.25, 0.3) is 0 Å². The smallest absolute Gasteiger partial charge is 0.192 e. The number of hydrogen-bond acceptors (Lipinski definition) is 2. The first-order chi connectivity index (χ1) is 14.7. The molecule has 3 atom stereocenters. The Morgan fingerprint density at radius 3 is 2.00 bits per heavy atom. The largest absolute Gasteiger partial charge is 0.410 e. The zero-order chi connectivity index (χ0) is 22.8. The molecule has 0 aliphatic carbocycles. The van der Waals surface area contributed by atoms with Crippen molar-refractivity contribution in [2.75, 3.05) is 0 Å². The summed E-state index contributed by atoms with van der Waals surface area (Å²) < 4.78 is 20.8. The number of hydrogen-bond donors (Lipinski definition) is 0. The van der Waals surface area contributed by atoms with Crippen molar-refractivity contribution in [1.29, 1.82) is 0 Å². The molecular weight excluding hydrogens is 448 g/mol. The van der Waals surface area contributed by atoms with Gasteiger partial charge in [0.1, 0.15) is 5.82 Å². The first-order valence-corrected chi connectivity index (χ1v) is 15.6. The highest BCUT2D eigenvalue weighted by atomic mass is 35.5. The number of piperidine rings is 1. The molecule has 176 valence electrons. The van der Waals surface area contributed by atoms with E-state index in [0.717, 1.165) is 54.5 Å². The summed E-state index contributed by atoms with van der Waals surface area (Å²) in [4.78, 5) is 2.75. The fourth-order valence-corrected chi connectivity index (χ4v) is 9.76. The summed E-state index contributed by atoms with van der Waals surface area (Å²) in [5.41, 5.74) is 0.791. The molecule has 2 saturated heterocycles. The molecule has 1 aromatic carbocycles. The molecule has 0 radical (unpaired) electrons. The average molecular weight is 489 g/mol. The van der Waals surface area contributed by atoms with E-state index < -0.39 is 8.32 Å². The predicted octanol–water partition coefficient (Wildman–Crippen LogP) is 8.63. The summed E-state index contributed by atoms with van der Waals surface area (Å²) in [6, 6.07) is 8.09. The molecule has 2 bridgehead atoms. The standard InChI is InChI=1S/C25H40Cl2FNOSi/c1-6-31(7-2,8-3)30-24(25-22(26)15-19(28)16-23(25)27)12-9-18-13-20-10-11-21(14-18)29(20)17(4)5/h15-18,20-21,24H,6-14H2,1-5H3. The molecule has 1 aromatic rings. The highest BCUT2D eigenvalue weighted by Gasteiger charge is 2.42. The second-order valence-corrected chi connectivity index (χ2v) is 15.5. The third-order valence-electron chi connectivity index (χ3n) is 8.01. The zero-order valence-corrected chi connectivity index (χ0v) is 22.4. The average Bonchev–Trinajstić information content (AvgIpc) is 3.00. The summed E-state index contributed by atoms with van der Waals surface area (Å²) >= 11 is 13.0. The van der Waals surface area contributed by atoms with Gasteiger partial charge in [-0.05, 0) is 88.6 Å². The lowest BCUT2D eigenvalue weighted by Crippen LogP contribution is -2.46. The van der Waals surface area contributed by atoms with Crippen molar-refractivity contribution in [3.63, 3.8) is 0 Å². The number of nitrogens with zero attached hydrogens (tertiary/aromatic N) is 1. The van der Waals surface area contributed by atoms with Crippen LogP contribution in [0.2, 0.25) is 28.2 Å². The summed E-state index contributed by atoms with van der Waals surface area (Å²) in [5, 5.41) is 0.798. The first-order valence-electron chi connectivity index (χ1n) is 12.3. The summed E-state index contributed by atoms with van der Waals surface area (Å²) in [7, 11) is -1.87. The van der Waals surface area contributed by atoms with Crippen LogP contribution in [0.25, 0.3) is 0 Å². The lowest BCUT2D eigenvalue weighted by atomic mass is 9.85. The van der Waals surface area contributed by atoms with Crippen LogP contribution in [0.15, 0.2) is 12.1 Å². The Kier molecular flexibility index (Phi) is 8.93. The minimum atomic E-state index is -1.87. The Bertz CT molecular complexity index is 697. The molecule has 0 amide bonds. The van der Waals surface area contributed by atoms with Gasteiger partial charge in [-0.2, -0.15) is 0 Å². The SMILES string of the molecule is CC[Si](CC)(CC)OC(CCC1CC2CCC(C1)N2C(C)C)c1c(Cl)cc(F)cc1Cl. The van der Waals surface area contributed by atoms with Gasteiger partial charge in [0.15, 0.2) is 8.32 Å². The fourth-order valence-electron chi connectivity index (χ4n) is 6.22. The summed E-state index contributed by atoms with van der Waals surface area (Å²) in [6.07, 6.45) is 7.13. The fraction of sp³-hybridized carbons (Fsp3) is 0.760. The highest BCUT2D eigenvalue weighted by molar-refractivity contribution is 6.73. The van der Waals surface area contributed by atoms with Gasteiger partial charge in [-0.1, -0.05) is 44.0 Å². The Hall–Kier alpha value is -0.133. The van der Waals surface area contributed by atoms with Crippen LogP contribution in [0.3, 0.4) is 0 Å². The lowest BCUT2D eigenvalue weighted by molar-refractivity contribution is 0.0641. The van der Waals surface area contributed by atoms with Crippen molar-refractivity contribution < 1.29 is 8.82 Å². The Morgan fingerprint density at radius 1 is 1.03 bits per heavy atom. The lowest BCUT2D eigenvalue weighted by Gasteiger charge is -2.42. The van der Waals surface area contributed by atoms with Gasteiger partial charge in [0, 0.05) is 23.7 Å². The minimum absolute atomic E-state index is 0.145. The molecule has 0 aromatic heterocycles. The van der Waals surface area contributed by atoms with Crippen molar-refractivity contribution in [2.24, 2.45) is 5.92 Å². The molecule has 6 heteroatoms. The Labute approximate surface area is 200 Å². The van der Waals surface area contributed by atoms with Crippen molar-refractivity contribution >= 4 is 31.5 Å². The van der Waals surface area contributed by atoms with Crippen LogP contribution in [-0.4, -0.2) is 31.3 Å². The zero-order valence-electron chi connectivity index (χ0n) is 19.9. The van der Waals surface area contributed by atoms with Gasteiger partial charge < -0.3 is 4.43 Å². The van der Waals surface area contributed by atoms with E-state index in [2.05, 4.69) is 39.5 Å². The Balaban J connectivity index is 1.78. The van der Waals surface area contributed by atoms with E-state index in [-0.39, 0.29) is 11.9 Å². The van der Waals surface area contributed by atoms with Crippen molar-refractivity contribution in [1.82, 2.24) is 4.90 Å². The number of fused-ring (bicyclic) bond motifs is 2. The van der Waals surface area contributed by atoms with Gasteiger partial charge in [-0.15, -0.1) is 0 Å². The van der Waals surface area contributed by atoms with Crippen LogP contribution in [0.4, 0.5) is 4.39 Å². The van der Waals surface area contributed by atoms with Gasteiger partial charge >= 0.3 is 0 Å². The van der Waals surface area contributed by atoms with Gasteiger partial charge in [-0.3, -0.25) is 4.90 Å². The molecule has 3 rings (SSSR count). The maximum atomic E-state index is 13.9. The van der Waals surface area contributed by atoms with E-state index >= 15 is 0 Å². The van der Waals surface area contributed by atoms with Crippen LogP contribution in [0.1, 0.15) is 84.8 Å².